The van der Waals surface area contributed by atoms with Crippen molar-refractivity contribution >= 4 is 34.4 Å². The zero-order valence-electron chi connectivity index (χ0n) is 20.7. The van der Waals surface area contributed by atoms with Gasteiger partial charge in [-0.1, -0.05) is 17.7 Å². The van der Waals surface area contributed by atoms with Gasteiger partial charge in [-0.2, -0.15) is 4.98 Å². The van der Waals surface area contributed by atoms with Gasteiger partial charge < -0.3 is 14.2 Å². The zero-order chi connectivity index (χ0) is 25.0. The van der Waals surface area contributed by atoms with Crippen LogP contribution >= 0.6 is 11.6 Å². The summed E-state index contributed by atoms with van der Waals surface area (Å²) in [6.07, 6.45) is 4.03. The number of rotatable bonds is 5. The van der Waals surface area contributed by atoms with E-state index in [1.165, 1.54) is 6.07 Å². The number of halogens is 2. The molecule has 11 heteroatoms. The van der Waals surface area contributed by atoms with Gasteiger partial charge >= 0.3 is 0 Å². The molecule has 5 heterocycles. The highest BCUT2D eigenvalue weighted by molar-refractivity contribution is 6.30. The molecule has 1 aromatic carbocycles. The largest absolute Gasteiger partial charge is 0.376 e. The summed E-state index contributed by atoms with van der Waals surface area (Å²) in [4.78, 5) is 14.6. The summed E-state index contributed by atoms with van der Waals surface area (Å²) >= 11 is 5.88. The van der Waals surface area contributed by atoms with Crippen LogP contribution < -0.4 is 4.90 Å². The van der Waals surface area contributed by atoms with Gasteiger partial charge in [0.25, 0.3) is 5.78 Å². The number of imidazole rings is 1. The molecule has 3 aromatic heterocycles. The molecule has 0 unspecified atom stereocenters. The minimum atomic E-state index is -0.379. The molecular weight excluding hydrogens is 483 g/mol. The molecule has 2 aliphatic heterocycles. The molecule has 190 valence electrons. The summed E-state index contributed by atoms with van der Waals surface area (Å²) in [5.74, 6) is 1.94. The monoisotopic (exact) mass is 512 g/mol. The van der Waals surface area contributed by atoms with Gasteiger partial charge in [-0.15, -0.1) is 10.2 Å². The van der Waals surface area contributed by atoms with Crippen molar-refractivity contribution in [3.05, 3.63) is 46.8 Å². The van der Waals surface area contributed by atoms with Gasteiger partial charge in [0.15, 0.2) is 11.5 Å². The Balaban J connectivity index is 1.33. The smallest absolute Gasteiger partial charge is 0.258 e. The topological polar surface area (TPSA) is 76.6 Å². The van der Waals surface area contributed by atoms with E-state index in [4.69, 9.17) is 26.3 Å². The molecule has 9 nitrogen and oxygen atoms in total. The zero-order valence-corrected chi connectivity index (χ0v) is 21.5. The van der Waals surface area contributed by atoms with Crippen molar-refractivity contribution in [3.8, 4) is 0 Å². The number of piperazine rings is 1. The highest BCUT2D eigenvalue weighted by Crippen LogP contribution is 2.31. The lowest BCUT2D eigenvalue weighted by Gasteiger charge is -2.44. The number of aryl methyl sites for hydroxylation is 1. The number of fused-ring (bicyclic) bond motifs is 3. The molecular formula is C25H30ClFN8O. The Morgan fingerprint density at radius 3 is 2.81 bits per heavy atom. The van der Waals surface area contributed by atoms with Crippen molar-refractivity contribution in [1.29, 1.82) is 0 Å². The van der Waals surface area contributed by atoms with E-state index in [2.05, 4.69) is 38.4 Å². The van der Waals surface area contributed by atoms with Gasteiger partial charge in [-0.3, -0.25) is 4.90 Å². The van der Waals surface area contributed by atoms with Crippen LogP contribution in [0.2, 0.25) is 5.02 Å². The summed E-state index contributed by atoms with van der Waals surface area (Å²) in [7, 11) is 0. The molecule has 0 aliphatic carbocycles. The number of benzene rings is 1. The van der Waals surface area contributed by atoms with E-state index in [1.807, 2.05) is 17.4 Å². The van der Waals surface area contributed by atoms with E-state index in [1.54, 1.807) is 12.4 Å². The fraction of sp³-hybridized carbons (Fsp3) is 0.520. The van der Waals surface area contributed by atoms with E-state index in [9.17, 15) is 4.39 Å². The predicted octanol–water partition coefficient (Wildman–Crippen LogP) is 3.85. The highest BCUT2D eigenvalue weighted by atomic mass is 35.5. The third-order valence-corrected chi connectivity index (χ3v) is 7.78. The molecule has 2 aliphatic rings. The summed E-state index contributed by atoms with van der Waals surface area (Å²) in [5, 5.41) is 8.57. The molecule has 0 saturated carbocycles. The summed E-state index contributed by atoms with van der Waals surface area (Å²) in [5.41, 5.74) is 2.72. The Labute approximate surface area is 213 Å². The second-order valence-electron chi connectivity index (χ2n) is 10.0. The van der Waals surface area contributed by atoms with Crippen molar-refractivity contribution in [1.82, 2.24) is 34.0 Å². The van der Waals surface area contributed by atoms with Gasteiger partial charge in [0.05, 0.1) is 17.7 Å². The van der Waals surface area contributed by atoms with E-state index in [0.717, 1.165) is 67.5 Å². The van der Waals surface area contributed by atoms with Crippen molar-refractivity contribution in [2.24, 2.45) is 0 Å². The fourth-order valence-corrected chi connectivity index (χ4v) is 5.66. The average Bonchev–Trinajstić information content (AvgIpc) is 3.59. The van der Waals surface area contributed by atoms with E-state index in [0.29, 0.717) is 12.3 Å². The number of anilines is 1. The van der Waals surface area contributed by atoms with Crippen LogP contribution in [0.5, 0.6) is 0 Å². The van der Waals surface area contributed by atoms with Crippen LogP contribution in [-0.2, 0) is 17.8 Å². The Kier molecular flexibility index (Phi) is 6.05. The molecule has 0 amide bonds. The Morgan fingerprint density at radius 2 is 2.03 bits per heavy atom. The molecule has 3 atom stereocenters. The van der Waals surface area contributed by atoms with Crippen LogP contribution in [0.4, 0.5) is 10.2 Å². The van der Waals surface area contributed by atoms with Gasteiger partial charge in [0.2, 0.25) is 0 Å². The van der Waals surface area contributed by atoms with Gasteiger partial charge in [0, 0.05) is 38.3 Å². The van der Waals surface area contributed by atoms with Gasteiger partial charge in [-0.25, -0.2) is 13.8 Å². The van der Waals surface area contributed by atoms with Crippen LogP contribution in [0.15, 0.2) is 24.5 Å². The number of hydrogen-bond donors (Lipinski definition) is 0. The highest BCUT2D eigenvalue weighted by Gasteiger charge is 2.33. The number of ether oxygens (including phenoxy) is 1. The first kappa shape index (κ1) is 23.6. The molecule has 4 aromatic rings. The maximum atomic E-state index is 14.0. The van der Waals surface area contributed by atoms with E-state index >= 15 is 0 Å². The Morgan fingerprint density at radius 1 is 1.17 bits per heavy atom. The second-order valence-corrected chi connectivity index (χ2v) is 10.4. The summed E-state index contributed by atoms with van der Waals surface area (Å²) < 4.78 is 24.1. The lowest BCUT2D eigenvalue weighted by atomic mass is 10.1. The molecule has 2 saturated heterocycles. The lowest BCUT2D eigenvalue weighted by molar-refractivity contribution is 0.0972. The third kappa shape index (κ3) is 4.10. The molecule has 0 N–H and O–H groups in total. The predicted molar refractivity (Wildman–Crippen MR) is 136 cm³/mol. The average molecular weight is 513 g/mol. The number of hydrogen-bond acceptors (Lipinski definition) is 7. The number of aromatic nitrogens is 6. The minimum absolute atomic E-state index is 0.151. The van der Waals surface area contributed by atoms with Crippen molar-refractivity contribution in [2.75, 3.05) is 24.6 Å². The summed E-state index contributed by atoms with van der Waals surface area (Å²) in [6, 6.07) is 5.44. The maximum Gasteiger partial charge on any atom is 0.258 e. The Bertz CT molecular complexity index is 1410. The molecule has 2 fully saturated rings. The SMILES string of the molecule is Cc1nc2c(N3C[C@@H](C)N(Cc4ccc(Cl)c(F)c4)C[C@@H]3C)nc3nncn3c2n1C[C@@H]1CCCO1. The van der Waals surface area contributed by atoms with Crippen LogP contribution in [0.3, 0.4) is 0 Å². The molecule has 0 bridgehead atoms. The second kappa shape index (κ2) is 9.24. The van der Waals surface area contributed by atoms with Gasteiger partial charge in [-0.05, 0) is 51.3 Å². The van der Waals surface area contributed by atoms with Crippen LogP contribution in [0, 0.1) is 12.7 Å². The lowest BCUT2D eigenvalue weighted by Crippen LogP contribution is -2.56. The third-order valence-electron chi connectivity index (χ3n) is 7.47. The normalized spacial score (nSPS) is 23.4. The fourth-order valence-electron chi connectivity index (χ4n) is 5.55. The van der Waals surface area contributed by atoms with Gasteiger partial charge in [0.1, 0.15) is 23.5 Å². The molecule has 36 heavy (non-hydrogen) atoms. The van der Waals surface area contributed by atoms with Crippen LogP contribution in [-0.4, -0.2) is 71.9 Å². The van der Waals surface area contributed by atoms with E-state index in [-0.39, 0.29) is 29.0 Å². The molecule has 0 radical (unpaired) electrons. The quantitative estimate of drug-likeness (QED) is 0.402. The van der Waals surface area contributed by atoms with Crippen molar-refractivity contribution in [3.63, 3.8) is 0 Å². The van der Waals surface area contributed by atoms with Crippen LogP contribution in [0.25, 0.3) is 16.9 Å². The summed E-state index contributed by atoms with van der Waals surface area (Å²) in [6.45, 7) is 10.2. The first-order chi connectivity index (χ1) is 17.4. The van der Waals surface area contributed by atoms with Crippen LogP contribution in [0.1, 0.15) is 38.1 Å². The molecule has 0 spiro atoms. The molecule has 6 rings (SSSR count). The first-order valence-corrected chi connectivity index (χ1v) is 12.9. The Hall–Kier alpha value is -2.82. The minimum Gasteiger partial charge on any atom is -0.376 e. The maximum absolute atomic E-state index is 14.0. The standard InChI is InChI=1S/C25H30ClFN8O/c1-15-11-33(16(2)10-32(15)12-18-6-7-20(26)21(27)9-18)23-22-24(35-14-28-31-25(35)30-23)34(17(3)29-22)13-19-5-4-8-36-19/h6-7,9,14-16,19H,4-5,8,10-13H2,1-3H3/t15-,16+,19+/m1/s1. The van der Waals surface area contributed by atoms with Crippen molar-refractivity contribution in [2.45, 2.75) is 64.9 Å². The van der Waals surface area contributed by atoms with Crippen molar-refractivity contribution < 1.29 is 9.13 Å². The van der Waals surface area contributed by atoms with E-state index < -0.39 is 0 Å². The first-order valence-electron chi connectivity index (χ1n) is 12.5. The number of nitrogens with zero attached hydrogens (tertiary/aromatic N) is 8.